The Hall–Kier alpha value is -1.21. The van der Waals surface area contributed by atoms with Crippen LogP contribution in [0.5, 0.6) is 0 Å². The largest absolute Gasteiger partial charge is 0.380 e. The predicted octanol–water partition coefficient (Wildman–Crippen LogP) is 0.672. The van der Waals surface area contributed by atoms with Gasteiger partial charge in [-0.1, -0.05) is 6.08 Å². The first-order valence-electron chi connectivity index (χ1n) is 6.76. The van der Waals surface area contributed by atoms with Crippen LogP contribution in [-0.2, 0) is 23.2 Å². The Morgan fingerprint density at radius 2 is 1.68 bits per heavy atom. The molecule has 9 heteroatoms. The van der Waals surface area contributed by atoms with E-state index in [4.69, 9.17) is 9.05 Å². The van der Waals surface area contributed by atoms with E-state index in [0.29, 0.717) is 0 Å². The molecule has 0 aromatic rings. The maximum absolute atomic E-state index is 12.5. The molecule has 22 heavy (non-hydrogen) atoms. The van der Waals surface area contributed by atoms with Gasteiger partial charge in [0.1, 0.15) is 0 Å². The number of nitrogens with zero attached hydrogens (tertiary/aromatic N) is 2. The van der Waals surface area contributed by atoms with E-state index in [9.17, 15) is 19.3 Å². The van der Waals surface area contributed by atoms with Gasteiger partial charge in [0.25, 0.3) is 11.8 Å². The van der Waals surface area contributed by atoms with Crippen LogP contribution in [0.3, 0.4) is 0 Å². The molecule has 0 aromatic carbocycles. The van der Waals surface area contributed by atoms with E-state index in [0.717, 1.165) is 9.80 Å². The topological polar surface area (TPSA) is 96.4 Å². The molecule has 0 saturated heterocycles. The molecular weight excluding hydrogens is 311 g/mol. The van der Waals surface area contributed by atoms with Gasteiger partial charge in [0.15, 0.2) is 12.2 Å². The third-order valence-electron chi connectivity index (χ3n) is 2.57. The summed E-state index contributed by atoms with van der Waals surface area (Å²) in [5.41, 5.74) is 0. The summed E-state index contributed by atoms with van der Waals surface area (Å²) in [6.07, 6.45) is -1.96. The lowest BCUT2D eigenvalue weighted by atomic mass is 10.1. The highest BCUT2D eigenvalue weighted by molar-refractivity contribution is 7.57. The number of carbonyl (C=O) groups is 2. The monoisotopic (exact) mass is 336 g/mol. The number of amides is 2. The molecule has 0 aliphatic heterocycles. The number of hydrogen-bond acceptors (Lipinski definition) is 6. The van der Waals surface area contributed by atoms with E-state index in [2.05, 4.69) is 0 Å². The summed E-state index contributed by atoms with van der Waals surface area (Å²) in [5, 5.41) is 10.1. The van der Waals surface area contributed by atoms with Gasteiger partial charge in [0.2, 0.25) is 0 Å². The Balaban J connectivity index is 5.55. The molecule has 0 fully saturated rings. The van der Waals surface area contributed by atoms with Crippen LogP contribution < -0.4 is 0 Å². The molecule has 3 atom stereocenters. The number of aliphatic hydroxyl groups is 1. The van der Waals surface area contributed by atoms with Crippen molar-refractivity contribution in [2.45, 2.75) is 26.1 Å². The van der Waals surface area contributed by atoms with Crippen LogP contribution in [-0.4, -0.2) is 73.7 Å². The molecule has 1 unspecified atom stereocenters. The summed E-state index contributed by atoms with van der Waals surface area (Å²) in [6.45, 7) is 3.31. The van der Waals surface area contributed by atoms with Gasteiger partial charge in [-0.2, -0.15) is 0 Å². The second-order valence-corrected chi connectivity index (χ2v) is 6.72. The van der Waals surface area contributed by atoms with Gasteiger partial charge in [-0.15, -0.1) is 0 Å². The van der Waals surface area contributed by atoms with Crippen LogP contribution in [0.4, 0.5) is 0 Å². The van der Waals surface area contributed by atoms with Crippen molar-refractivity contribution in [3.8, 4) is 0 Å². The number of carbonyl (C=O) groups excluding carboxylic acids is 2. The first-order valence-corrected chi connectivity index (χ1v) is 8.37. The van der Waals surface area contributed by atoms with Crippen molar-refractivity contribution >= 4 is 19.4 Å². The van der Waals surface area contributed by atoms with Crippen molar-refractivity contribution in [1.82, 2.24) is 9.80 Å². The number of aliphatic hydroxyl groups excluding tert-OH is 1. The summed E-state index contributed by atoms with van der Waals surface area (Å²) < 4.78 is 22.8. The Bertz CT molecular complexity index is 463. The second kappa shape index (κ2) is 9.05. The lowest BCUT2D eigenvalue weighted by molar-refractivity contribution is -0.153. The minimum Gasteiger partial charge on any atom is -0.380 e. The molecule has 0 aliphatic rings. The number of hydrogen-bond donors (Lipinski definition) is 1. The van der Waals surface area contributed by atoms with E-state index in [1.54, 1.807) is 13.8 Å². The molecule has 0 bridgehead atoms. The SMILES string of the molecule is CC=CP(=O)(OCC)O[C@@H](C(=O)N(C)C)[C@@H](O)C(=O)N(C)C. The summed E-state index contributed by atoms with van der Waals surface area (Å²) in [4.78, 5) is 26.3. The zero-order chi connectivity index (χ0) is 17.5. The van der Waals surface area contributed by atoms with Gasteiger partial charge < -0.3 is 19.4 Å². The standard InChI is InChI=1S/C13H25N2O6P/c1-7-9-22(19,20-8-2)21-11(13(18)15(5)6)10(16)12(17)14(3)4/h7,9-11,16H,8H2,1-6H3/t10-,11-,22?/m1/s1. The summed E-state index contributed by atoms with van der Waals surface area (Å²) in [6, 6.07) is 0. The highest BCUT2D eigenvalue weighted by Crippen LogP contribution is 2.51. The molecule has 128 valence electrons. The van der Waals surface area contributed by atoms with Crippen molar-refractivity contribution in [3.63, 3.8) is 0 Å². The van der Waals surface area contributed by atoms with Crippen molar-refractivity contribution in [1.29, 1.82) is 0 Å². The highest BCUT2D eigenvalue weighted by atomic mass is 31.2. The number of likely N-dealkylation sites (N-methyl/N-ethyl adjacent to an activating group) is 2. The predicted molar refractivity (Wildman–Crippen MR) is 82.3 cm³/mol. The van der Waals surface area contributed by atoms with Gasteiger partial charge in [0, 0.05) is 34.0 Å². The van der Waals surface area contributed by atoms with Crippen LogP contribution >= 0.6 is 7.60 Å². The Morgan fingerprint density at radius 3 is 2.05 bits per heavy atom. The maximum atomic E-state index is 12.5. The summed E-state index contributed by atoms with van der Waals surface area (Å²) >= 11 is 0. The third-order valence-corrected chi connectivity index (χ3v) is 4.37. The zero-order valence-electron chi connectivity index (χ0n) is 13.8. The van der Waals surface area contributed by atoms with Crippen LogP contribution in [0, 0.1) is 0 Å². The second-order valence-electron chi connectivity index (χ2n) is 4.88. The molecule has 0 aliphatic carbocycles. The van der Waals surface area contributed by atoms with Crippen LogP contribution in [0.1, 0.15) is 13.8 Å². The average molecular weight is 336 g/mol. The molecule has 0 spiro atoms. The Kier molecular flexibility index (Phi) is 8.55. The van der Waals surface area contributed by atoms with Gasteiger partial charge in [0.05, 0.1) is 6.61 Å². The minimum absolute atomic E-state index is 0.0855. The fourth-order valence-electron chi connectivity index (χ4n) is 1.52. The van der Waals surface area contributed by atoms with Crippen molar-refractivity contribution in [3.05, 3.63) is 11.9 Å². The lowest BCUT2D eigenvalue weighted by Crippen LogP contribution is -2.49. The van der Waals surface area contributed by atoms with Crippen LogP contribution in [0.15, 0.2) is 11.9 Å². The molecule has 0 rings (SSSR count). The smallest absolute Gasteiger partial charge is 0.354 e. The van der Waals surface area contributed by atoms with Gasteiger partial charge in [-0.05, 0) is 13.8 Å². The molecule has 1 N–H and O–H groups in total. The lowest BCUT2D eigenvalue weighted by Gasteiger charge is -2.28. The van der Waals surface area contributed by atoms with E-state index < -0.39 is 31.6 Å². The number of allylic oxidation sites excluding steroid dienone is 1. The van der Waals surface area contributed by atoms with Gasteiger partial charge in [-0.3, -0.25) is 18.7 Å². The molecule has 0 saturated carbocycles. The van der Waals surface area contributed by atoms with E-state index in [1.165, 1.54) is 40.1 Å². The summed E-state index contributed by atoms with van der Waals surface area (Å²) in [5.74, 6) is -0.241. The molecule has 0 aromatic heterocycles. The highest BCUT2D eigenvalue weighted by Gasteiger charge is 2.40. The molecular formula is C13H25N2O6P. The Morgan fingerprint density at radius 1 is 1.18 bits per heavy atom. The third kappa shape index (κ3) is 5.88. The fraction of sp³-hybridized carbons (Fsp3) is 0.692. The normalized spacial score (nSPS) is 16.9. The molecule has 0 radical (unpaired) electrons. The minimum atomic E-state index is -3.75. The zero-order valence-corrected chi connectivity index (χ0v) is 14.7. The maximum Gasteiger partial charge on any atom is 0.354 e. The first-order chi connectivity index (χ1) is 10.1. The molecule has 2 amide bonds. The number of rotatable bonds is 8. The van der Waals surface area contributed by atoms with Crippen molar-refractivity contribution < 1.29 is 28.3 Å². The fourth-order valence-corrected chi connectivity index (χ4v) is 2.98. The van der Waals surface area contributed by atoms with Crippen LogP contribution in [0.25, 0.3) is 0 Å². The van der Waals surface area contributed by atoms with Crippen molar-refractivity contribution in [2.75, 3.05) is 34.8 Å². The molecule has 8 nitrogen and oxygen atoms in total. The quantitative estimate of drug-likeness (QED) is 0.655. The summed E-state index contributed by atoms with van der Waals surface area (Å²) in [7, 11) is 1.98. The van der Waals surface area contributed by atoms with E-state index in [1.807, 2.05) is 0 Å². The van der Waals surface area contributed by atoms with Gasteiger partial charge in [-0.25, -0.2) is 0 Å². The van der Waals surface area contributed by atoms with Crippen LogP contribution in [0.2, 0.25) is 0 Å². The first kappa shape index (κ1) is 20.8. The van der Waals surface area contributed by atoms with E-state index in [-0.39, 0.29) is 6.61 Å². The van der Waals surface area contributed by atoms with Crippen molar-refractivity contribution in [2.24, 2.45) is 0 Å². The van der Waals surface area contributed by atoms with Gasteiger partial charge >= 0.3 is 7.60 Å². The Labute approximate surface area is 131 Å². The average Bonchev–Trinajstić information content (AvgIpc) is 2.42. The molecule has 0 heterocycles. The van der Waals surface area contributed by atoms with E-state index >= 15 is 0 Å².